The van der Waals surface area contributed by atoms with Crippen LogP contribution in [0.1, 0.15) is 44.2 Å². The van der Waals surface area contributed by atoms with Crippen molar-refractivity contribution in [2.24, 2.45) is 17.6 Å². The molecule has 0 heterocycles. The van der Waals surface area contributed by atoms with Gasteiger partial charge in [-0.05, 0) is 31.1 Å². The molecule has 0 aliphatic heterocycles. The zero-order chi connectivity index (χ0) is 13.8. The van der Waals surface area contributed by atoms with E-state index in [2.05, 4.69) is 13.8 Å². The van der Waals surface area contributed by atoms with Gasteiger partial charge in [0.1, 0.15) is 5.82 Å². The Morgan fingerprint density at radius 3 is 2.63 bits per heavy atom. The predicted octanol–water partition coefficient (Wildman–Crippen LogP) is 3.63. The molecule has 1 aromatic rings. The number of hydrogen-bond donors (Lipinski definition) is 1. The second-order valence-electron chi connectivity index (χ2n) is 5.79. The Morgan fingerprint density at radius 1 is 1.21 bits per heavy atom. The zero-order valence-corrected chi connectivity index (χ0v) is 11.9. The minimum Gasteiger partial charge on any atom is -0.373 e. The Bertz CT molecular complexity index is 421. The average Bonchev–Trinajstić information content (AvgIpc) is 2.41. The molecule has 19 heavy (non-hydrogen) atoms. The molecule has 0 amide bonds. The molecular weight excluding hydrogens is 241 g/mol. The third-order valence-electron chi connectivity index (χ3n) is 4.40. The van der Waals surface area contributed by atoms with E-state index in [1.165, 1.54) is 6.42 Å². The van der Waals surface area contributed by atoms with Crippen molar-refractivity contribution in [1.82, 2.24) is 0 Å². The SMILES string of the molecule is CC1CCC(OCc2cccc(CN)c2F)CC1C. The van der Waals surface area contributed by atoms with E-state index in [9.17, 15) is 4.39 Å². The van der Waals surface area contributed by atoms with E-state index in [4.69, 9.17) is 10.5 Å². The van der Waals surface area contributed by atoms with Gasteiger partial charge in [0.2, 0.25) is 0 Å². The van der Waals surface area contributed by atoms with Crippen molar-refractivity contribution in [2.45, 2.75) is 52.4 Å². The van der Waals surface area contributed by atoms with Gasteiger partial charge in [-0.1, -0.05) is 32.0 Å². The van der Waals surface area contributed by atoms with Crippen LogP contribution >= 0.6 is 0 Å². The maximum atomic E-state index is 14.0. The largest absolute Gasteiger partial charge is 0.373 e. The summed E-state index contributed by atoms with van der Waals surface area (Å²) >= 11 is 0. The molecule has 2 N–H and O–H groups in total. The summed E-state index contributed by atoms with van der Waals surface area (Å²) in [5, 5.41) is 0. The number of rotatable bonds is 4. The highest BCUT2D eigenvalue weighted by Crippen LogP contribution is 2.31. The van der Waals surface area contributed by atoms with Gasteiger partial charge in [-0.3, -0.25) is 0 Å². The molecule has 0 radical (unpaired) electrons. The molecule has 0 saturated heterocycles. The van der Waals surface area contributed by atoms with Crippen LogP contribution in [0.25, 0.3) is 0 Å². The maximum Gasteiger partial charge on any atom is 0.133 e. The van der Waals surface area contributed by atoms with Gasteiger partial charge in [0.05, 0.1) is 12.7 Å². The molecule has 0 aromatic heterocycles. The number of halogens is 1. The molecule has 3 unspecified atom stereocenters. The number of ether oxygens (including phenoxy) is 1. The first kappa shape index (κ1) is 14.5. The zero-order valence-electron chi connectivity index (χ0n) is 11.9. The summed E-state index contributed by atoms with van der Waals surface area (Å²) in [5.74, 6) is 1.26. The third-order valence-corrected chi connectivity index (χ3v) is 4.40. The van der Waals surface area contributed by atoms with Crippen molar-refractivity contribution < 1.29 is 9.13 Å². The lowest BCUT2D eigenvalue weighted by molar-refractivity contribution is -0.00850. The molecule has 1 aliphatic carbocycles. The summed E-state index contributed by atoms with van der Waals surface area (Å²) in [7, 11) is 0. The summed E-state index contributed by atoms with van der Waals surface area (Å²) in [4.78, 5) is 0. The Morgan fingerprint density at radius 2 is 1.95 bits per heavy atom. The summed E-state index contributed by atoms with van der Waals surface area (Å²) < 4.78 is 19.9. The molecule has 2 rings (SSSR count). The van der Waals surface area contributed by atoms with Gasteiger partial charge in [0, 0.05) is 17.7 Å². The molecular formula is C16H24FNO. The van der Waals surface area contributed by atoms with E-state index < -0.39 is 0 Å². The van der Waals surface area contributed by atoms with Crippen LogP contribution in [0.15, 0.2) is 18.2 Å². The average molecular weight is 265 g/mol. The van der Waals surface area contributed by atoms with Crippen LogP contribution in [0, 0.1) is 17.7 Å². The molecule has 1 aliphatic rings. The second-order valence-corrected chi connectivity index (χ2v) is 5.79. The van der Waals surface area contributed by atoms with Crippen LogP contribution < -0.4 is 5.73 Å². The molecule has 3 atom stereocenters. The minimum atomic E-state index is -0.206. The van der Waals surface area contributed by atoms with Crippen molar-refractivity contribution in [3.8, 4) is 0 Å². The minimum absolute atomic E-state index is 0.206. The van der Waals surface area contributed by atoms with Crippen LogP contribution in [-0.2, 0) is 17.9 Å². The number of benzene rings is 1. The smallest absolute Gasteiger partial charge is 0.133 e. The number of hydrogen-bond acceptors (Lipinski definition) is 2. The van der Waals surface area contributed by atoms with Gasteiger partial charge in [-0.15, -0.1) is 0 Å². The van der Waals surface area contributed by atoms with Crippen LogP contribution in [0.3, 0.4) is 0 Å². The van der Waals surface area contributed by atoms with E-state index in [1.54, 1.807) is 12.1 Å². The van der Waals surface area contributed by atoms with Gasteiger partial charge in [-0.25, -0.2) is 4.39 Å². The van der Waals surface area contributed by atoms with E-state index in [-0.39, 0.29) is 18.5 Å². The molecule has 0 bridgehead atoms. The molecule has 1 aromatic carbocycles. The highest BCUT2D eigenvalue weighted by molar-refractivity contribution is 5.25. The number of nitrogens with two attached hydrogens (primary N) is 1. The van der Waals surface area contributed by atoms with Gasteiger partial charge in [-0.2, -0.15) is 0 Å². The molecule has 106 valence electrons. The van der Waals surface area contributed by atoms with E-state index >= 15 is 0 Å². The lowest BCUT2D eigenvalue weighted by atomic mass is 9.80. The van der Waals surface area contributed by atoms with Gasteiger partial charge in [0.25, 0.3) is 0 Å². The fourth-order valence-electron chi connectivity index (χ4n) is 2.76. The summed E-state index contributed by atoms with van der Waals surface area (Å²) in [6.07, 6.45) is 3.65. The Kier molecular flexibility index (Phi) is 4.94. The first-order valence-corrected chi connectivity index (χ1v) is 7.19. The first-order valence-electron chi connectivity index (χ1n) is 7.19. The van der Waals surface area contributed by atoms with Crippen molar-refractivity contribution in [1.29, 1.82) is 0 Å². The summed E-state index contributed by atoms with van der Waals surface area (Å²) in [5.41, 5.74) is 6.69. The summed E-state index contributed by atoms with van der Waals surface area (Å²) in [6, 6.07) is 5.35. The molecule has 1 saturated carbocycles. The molecule has 0 spiro atoms. The highest BCUT2D eigenvalue weighted by Gasteiger charge is 2.25. The Balaban J connectivity index is 1.92. The van der Waals surface area contributed by atoms with Crippen molar-refractivity contribution in [2.75, 3.05) is 0 Å². The standard InChI is InChI=1S/C16H24FNO/c1-11-6-7-15(8-12(11)2)19-10-14-5-3-4-13(9-18)16(14)17/h3-5,11-12,15H,6-10,18H2,1-2H3. The molecule has 1 fully saturated rings. The third kappa shape index (κ3) is 3.54. The Labute approximate surface area is 115 Å². The quantitative estimate of drug-likeness (QED) is 0.902. The lowest BCUT2D eigenvalue weighted by Crippen LogP contribution is -2.26. The summed E-state index contributed by atoms with van der Waals surface area (Å²) in [6.45, 7) is 5.16. The fraction of sp³-hybridized carbons (Fsp3) is 0.625. The van der Waals surface area contributed by atoms with E-state index in [1.807, 2.05) is 6.07 Å². The fourth-order valence-corrected chi connectivity index (χ4v) is 2.76. The van der Waals surface area contributed by atoms with Crippen molar-refractivity contribution in [3.63, 3.8) is 0 Å². The van der Waals surface area contributed by atoms with Gasteiger partial charge >= 0.3 is 0 Å². The van der Waals surface area contributed by atoms with Gasteiger partial charge in [0.15, 0.2) is 0 Å². The molecule has 2 nitrogen and oxygen atoms in total. The van der Waals surface area contributed by atoms with Gasteiger partial charge < -0.3 is 10.5 Å². The molecule has 3 heteroatoms. The van der Waals surface area contributed by atoms with Crippen molar-refractivity contribution in [3.05, 3.63) is 35.1 Å². The van der Waals surface area contributed by atoms with Crippen LogP contribution in [-0.4, -0.2) is 6.10 Å². The topological polar surface area (TPSA) is 35.2 Å². The van der Waals surface area contributed by atoms with Crippen LogP contribution in [0.4, 0.5) is 4.39 Å². The van der Waals surface area contributed by atoms with Crippen molar-refractivity contribution >= 4 is 0 Å². The first-order chi connectivity index (χ1) is 9.11. The predicted molar refractivity (Wildman–Crippen MR) is 75.0 cm³/mol. The van der Waals surface area contributed by atoms with Crippen LogP contribution in [0.5, 0.6) is 0 Å². The lowest BCUT2D eigenvalue weighted by Gasteiger charge is -2.32. The Hall–Kier alpha value is -0.930. The van der Waals surface area contributed by atoms with E-state index in [0.29, 0.717) is 23.7 Å². The highest BCUT2D eigenvalue weighted by atomic mass is 19.1. The van der Waals surface area contributed by atoms with Crippen LogP contribution in [0.2, 0.25) is 0 Å². The monoisotopic (exact) mass is 265 g/mol. The van der Waals surface area contributed by atoms with E-state index in [0.717, 1.165) is 18.8 Å². The normalized spacial score (nSPS) is 27.5. The second kappa shape index (κ2) is 6.49. The maximum absolute atomic E-state index is 14.0.